The largest absolute Gasteiger partial charge is 0.383 e. The summed E-state index contributed by atoms with van der Waals surface area (Å²) in [6, 6.07) is 10.6. The molecule has 0 aliphatic carbocycles. The average Bonchev–Trinajstić information content (AvgIpc) is 3.14. The Kier molecular flexibility index (Phi) is 4.49. The Bertz CT molecular complexity index is 1010. The maximum absolute atomic E-state index is 14.3. The first kappa shape index (κ1) is 17.4. The number of carbonyl (C=O) groups is 1. The quantitative estimate of drug-likeness (QED) is 0.667. The van der Waals surface area contributed by atoms with Crippen molar-refractivity contribution in [1.82, 2.24) is 15.6 Å². The summed E-state index contributed by atoms with van der Waals surface area (Å²) in [4.78, 5) is 17.0. The van der Waals surface area contributed by atoms with E-state index in [-0.39, 0.29) is 23.6 Å². The Labute approximate surface area is 156 Å². The summed E-state index contributed by atoms with van der Waals surface area (Å²) in [6.07, 6.45) is 2.51. The number of fused-ring (bicyclic) bond motifs is 1. The van der Waals surface area contributed by atoms with Crippen molar-refractivity contribution in [1.29, 1.82) is 0 Å². The van der Waals surface area contributed by atoms with Crippen molar-refractivity contribution in [3.63, 3.8) is 0 Å². The summed E-state index contributed by atoms with van der Waals surface area (Å²) in [5, 5.41) is 7.69. The van der Waals surface area contributed by atoms with Crippen LogP contribution in [-0.4, -0.2) is 30.0 Å². The Morgan fingerprint density at radius 2 is 2.19 bits per heavy atom. The van der Waals surface area contributed by atoms with Gasteiger partial charge in [-0.1, -0.05) is 24.3 Å². The predicted molar refractivity (Wildman–Crippen MR) is 105 cm³/mol. The second-order valence-electron chi connectivity index (χ2n) is 6.92. The summed E-state index contributed by atoms with van der Waals surface area (Å²) < 4.78 is 14.3. The highest BCUT2D eigenvalue weighted by Crippen LogP contribution is 2.31. The fourth-order valence-corrected chi connectivity index (χ4v) is 3.67. The molecule has 1 aliphatic rings. The number of pyridine rings is 1. The standard InChI is InChI=1S/C21H21FN4O/c1-12-3-2-4-17(22)18(12)13-5-6-16-14(9-13)10-25-20(23)19(16)21(27)26-15-7-8-24-11-15/h2-6,9-10,15,24H,7-8,11H2,1H3,(H2,23,25)(H,26,27)/t15-/m0/s1. The number of hydrogen-bond donors (Lipinski definition) is 3. The number of nitrogens with one attached hydrogen (secondary N) is 2. The number of carbonyl (C=O) groups excluding carboxylic acids is 1. The second-order valence-corrected chi connectivity index (χ2v) is 6.92. The second kappa shape index (κ2) is 6.96. The van der Waals surface area contributed by atoms with Crippen LogP contribution in [0.15, 0.2) is 42.6 Å². The SMILES string of the molecule is Cc1cccc(F)c1-c1ccc2c(C(=O)N[C@H]3CCNC3)c(N)ncc2c1. The van der Waals surface area contributed by atoms with E-state index in [0.717, 1.165) is 36.0 Å². The maximum atomic E-state index is 14.3. The highest BCUT2D eigenvalue weighted by atomic mass is 19.1. The van der Waals surface area contributed by atoms with Gasteiger partial charge in [0.2, 0.25) is 0 Å². The third-order valence-corrected chi connectivity index (χ3v) is 5.05. The van der Waals surface area contributed by atoms with Gasteiger partial charge in [-0.2, -0.15) is 0 Å². The van der Waals surface area contributed by atoms with Crippen molar-refractivity contribution < 1.29 is 9.18 Å². The smallest absolute Gasteiger partial charge is 0.255 e. The molecule has 1 aliphatic heterocycles. The number of halogens is 1. The summed E-state index contributed by atoms with van der Waals surface area (Å²) >= 11 is 0. The van der Waals surface area contributed by atoms with Crippen LogP contribution in [0.4, 0.5) is 10.2 Å². The number of aromatic nitrogens is 1. The average molecular weight is 364 g/mol. The molecule has 0 radical (unpaired) electrons. The monoisotopic (exact) mass is 364 g/mol. The van der Waals surface area contributed by atoms with Gasteiger partial charge < -0.3 is 16.4 Å². The normalized spacial score (nSPS) is 16.6. The molecule has 5 nitrogen and oxygen atoms in total. The summed E-state index contributed by atoms with van der Waals surface area (Å²) in [5.41, 5.74) is 8.54. The van der Waals surface area contributed by atoms with Gasteiger partial charge in [-0.15, -0.1) is 0 Å². The molecule has 1 fully saturated rings. The van der Waals surface area contributed by atoms with E-state index in [1.807, 2.05) is 31.2 Å². The van der Waals surface area contributed by atoms with Crippen molar-refractivity contribution >= 4 is 22.5 Å². The van der Waals surface area contributed by atoms with E-state index < -0.39 is 0 Å². The molecule has 0 unspecified atom stereocenters. The molecule has 4 rings (SSSR count). The molecule has 1 amide bonds. The summed E-state index contributed by atoms with van der Waals surface area (Å²) in [5.74, 6) is -0.306. The van der Waals surface area contributed by atoms with Gasteiger partial charge in [-0.3, -0.25) is 4.79 Å². The number of nitrogens with zero attached hydrogens (tertiary/aromatic N) is 1. The molecule has 138 valence electrons. The van der Waals surface area contributed by atoms with Gasteiger partial charge in [0.25, 0.3) is 5.91 Å². The molecule has 1 aromatic heterocycles. The first-order chi connectivity index (χ1) is 13.0. The molecular weight excluding hydrogens is 343 g/mol. The zero-order valence-electron chi connectivity index (χ0n) is 15.1. The molecular formula is C21H21FN4O. The molecule has 0 saturated carbocycles. The molecule has 0 spiro atoms. The fourth-order valence-electron chi connectivity index (χ4n) is 3.67. The minimum Gasteiger partial charge on any atom is -0.383 e. The number of benzene rings is 2. The molecule has 2 aromatic carbocycles. The lowest BCUT2D eigenvalue weighted by Crippen LogP contribution is -2.36. The van der Waals surface area contributed by atoms with Gasteiger partial charge in [0.05, 0.1) is 5.56 Å². The van der Waals surface area contributed by atoms with Crippen LogP contribution in [-0.2, 0) is 0 Å². The minimum absolute atomic E-state index is 0.0903. The zero-order chi connectivity index (χ0) is 19.0. The van der Waals surface area contributed by atoms with Gasteiger partial charge in [0.1, 0.15) is 11.6 Å². The fraction of sp³-hybridized carbons (Fsp3) is 0.238. The Hall–Kier alpha value is -2.99. The van der Waals surface area contributed by atoms with Gasteiger partial charge >= 0.3 is 0 Å². The Morgan fingerprint density at radius 1 is 1.33 bits per heavy atom. The van der Waals surface area contributed by atoms with E-state index in [2.05, 4.69) is 15.6 Å². The molecule has 27 heavy (non-hydrogen) atoms. The first-order valence-electron chi connectivity index (χ1n) is 9.00. The van der Waals surface area contributed by atoms with E-state index in [0.29, 0.717) is 16.5 Å². The third kappa shape index (κ3) is 3.24. The van der Waals surface area contributed by atoms with Gasteiger partial charge in [-0.05, 0) is 48.5 Å². The highest BCUT2D eigenvalue weighted by Gasteiger charge is 2.21. The van der Waals surface area contributed by atoms with Gasteiger partial charge in [0.15, 0.2) is 0 Å². The van der Waals surface area contributed by atoms with Crippen molar-refractivity contribution in [3.8, 4) is 11.1 Å². The van der Waals surface area contributed by atoms with Crippen molar-refractivity contribution in [2.75, 3.05) is 18.8 Å². The van der Waals surface area contributed by atoms with Crippen LogP contribution in [0.3, 0.4) is 0 Å². The number of nitrogen functional groups attached to an aromatic ring is 1. The number of aryl methyl sites for hydroxylation is 1. The van der Waals surface area contributed by atoms with Gasteiger partial charge in [0, 0.05) is 29.7 Å². The van der Waals surface area contributed by atoms with Crippen LogP contribution in [0.1, 0.15) is 22.3 Å². The minimum atomic E-state index is -0.274. The lowest BCUT2D eigenvalue weighted by molar-refractivity contribution is 0.0942. The molecule has 6 heteroatoms. The van der Waals surface area contributed by atoms with Crippen LogP contribution in [0.5, 0.6) is 0 Å². The van der Waals surface area contributed by atoms with Crippen LogP contribution >= 0.6 is 0 Å². The number of nitrogens with two attached hydrogens (primary N) is 1. The summed E-state index contributed by atoms with van der Waals surface area (Å²) in [6.45, 7) is 3.51. The van der Waals surface area contributed by atoms with Crippen LogP contribution in [0.2, 0.25) is 0 Å². The lowest BCUT2D eigenvalue weighted by atomic mass is 9.96. The highest BCUT2D eigenvalue weighted by molar-refractivity contribution is 6.11. The van der Waals surface area contributed by atoms with Crippen LogP contribution < -0.4 is 16.4 Å². The number of anilines is 1. The molecule has 0 bridgehead atoms. The Morgan fingerprint density at radius 3 is 2.93 bits per heavy atom. The van der Waals surface area contributed by atoms with Crippen LogP contribution in [0, 0.1) is 12.7 Å². The first-order valence-corrected chi connectivity index (χ1v) is 9.00. The number of hydrogen-bond acceptors (Lipinski definition) is 4. The molecule has 1 atom stereocenters. The van der Waals surface area contributed by atoms with Gasteiger partial charge in [-0.25, -0.2) is 9.37 Å². The topological polar surface area (TPSA) is 80.0 Å². The lowest BCUT2D eigenvalue weighted by Gasteiger charge is -2.15. The molecule has 4 N–H and O–H groups in total. The van der Waals surface area contributed by atoms with E-state index >= 15 is 0 Å². The van der Waals surface area contributed by atoms with Crippen molar-refractivity contribution in [2.45, 2.75) is 19.4 Å². The van der Waals surface area contributed by atoms with E-state index in [4.69, 9.17) is 5.73 Å². The maximum Gasteiger partial charge on any atom is 0.255 e. The molecule has 1 saturated heterocycles. The van der Waals surface area contributed by atoms with E-state index in [9.17, 15) is 9.18 Å². The Balaban J connectivity index is 1.78. The van der Waals surface area contributed by atoms with E-state index in [1.54, 1.807) is 12.3 Å². The van der Waals surface area contributed by atoms with Crippen LogP contribution in [0.25, 0.3) is 21.9 Å². The predicted octanol–water partition coefficient (Wildman–Crippen LogP) is 3.02. The molecule has 3 aromatic rings. The zero-order valence-corrected chi connectivity index (χ0v) is 15.1. The number of rotatable bonds is 3. The van der Waals surface area contributed by atoms with E-state index in [1.165, 1.54) is 6.07 Å². The third-order valence-electron chi connectivity index (χ3n) is 5.05. The van der Waals surface area contributed by atoms with Crippen molar-refractivity contribution in [2.24, 2.45) is 0 Å². The summed E-state index contributed by atoms with van der Waals surface area (Å²) in [7, 11) is 0. The van der Waals surface area contributed by atoms with Crippen molar-refractivity contribution in [3.05, 3.63) is 59.5 Å². The number of amides is 1. The molecule has 2 heterocycles.